The second kappa shape index (κ2) is 8.98. The van der Waals surface area contributed by atoms with Crippen LogP contribution in [0.5, 0.6) is 0 Å². The zero-order valence-electron chi connectivity index (χ0n) is 14.4. The van der Waals surface area contributed by atoms with Crippen molar-refractivity contribution in [2.75, 3.05) is 37.6 Å². The number of carbonyl (C=O) groups is 1. The molecule has 0 radical (unpaired) electrons. The van der Waals surface area contributed by atoms with Gasteiger partial charge in [0, 0.05) is 13.7 Å². The zero-order chi connectivity index (χ0) is 19.9. The maximum Gasteiger partial charge on any atom is 0.416 e. The van der Waals surface area contributed by atoms with Crippen LogP contribution in [0.3, 0.4) is 0 Å². The van der Waals surface area contributed by atoms with Crippen molar-refractivity contribution < 1.29 is 32.2 Å². The molecule has 0 aliphatic heterocycles. The lowest BCUT2D eigenvalue weighted by molar-refractivity contribution is -0.137. The average molecular weight is 387 g/mol. The van der Waals surface area contributed by atoms with Crippen LogP contribution >= 0.6 is 0 Å². The lowest BCUT2D eigenvalue weighted by Crippen LogP contribution is -2.32. The third-order valence-electron chi connectivity index (χ3n) is 3.26. The van der Waals surface area contributed by atoms with Crippen LogP contribution in [-0.4, -0.2) is 49.9 Å². The Morgan fingerprint density at radius 2 is 2.15 bits per heavy atom. The van der Waals surface area contributed by atoms with Crippen LogP contribution in [0.15, 0.2) is 34.1 Å². The van der Waals surface area contributed by atoms with Gasteiger partial charge in [-0.3, -0.25) is 9.69 Å². The lowest BCUT2D eigenvalue weighted by atomic mass is 10.1. The number of methoxy groups -OCH3 is 1. The number of nitrogens with one attached hydrogen (secondary N) is 1. The topological polar surface area (TPSA) is 102 Å². The number of amidine groups is 1. The predicted octanol–water partition coefficient (Wildman–Crippen LogP) is 2.12. The van der Waals surface area contributed by atoms with Gasteiger partial charge < -0.3 is 14.9 Å². The minimum Gasteiger partial charge on any atom is -0.397 e. The molecule has 1 N–H and O–H groups in total. The van der Waals surface area contributed by atoms with Crippen LogP contribution in [0.4, 0.5) is 24.7 Å². The van der Waals surface area contributed by atoms with Crippen molar-refractivity contribution in [3.63, 3.8) is 0 Å². The van der Waals surface area contributed by atoms with Gasteiger partial charge in [-0.2, -0.15) is 13.2 Å². The highest BCUT2D eigenvalue weighted by atomic mass is 19.4. The number of nitrogens with zero attached hydrogens (tertiary/aromatic N) is 4. The molecule has 1 heterocycles. The van der Waals surface area contributed by atoms with Gasteiger partial charge in [-0.15, -0.1) is 0 Å². The molecule has 0 aliphatic rings. The van der Waals surface area contributed by atoms with Crippen LogP contribution in [0.25, 0.3) is 0 Å². The number of aromatic nitrogens is 2. The summed E-state index contributed by atoms with van der Waals surface area (Å²) in [5.41, 5.74) is -1.06. The number of anilines is 2. The molecule has 1 aromatic carbocycles. The molecule has 12 heteroatoms. The molecule has 0 fully saturated rings. The summed E-state index contributed by atoms with van der Waals surface area (Å²) in [7, 11) is 2.71. The summed E-state index contributed by atoms with van der Waals surface area (Å²) in [6.07, 6.45) is -4.30. The van der Waals surface area contributed by atoms with Crippen LogP contribution in [0.1, 0.15) is 11.3 Å². The molecule has 9 nitrogen and oxygen atoms in total. The number of amides is 1. The number of oxime groups is 1. The van der Waals surface area contributed by atoms with Gasteiger partial charge in [0.2, 0.25) is 18.1 Å². The van der Waals surface area contributed by atoms with Crippen LogP contribution in [0.2, 0.25) is 0 Å². The molecule has 0 unspecified atom stereocenters. The van der Waals surface area contributed by atoms with E-state index in [2.05, 4.69) is 25.4 Å². The number of hydrogen-bond acceptors (Lipinski definition) is 8. The van der Waals surface area contributed by atoms with Crippen molar-refractivity contribution in [3.8, 4) is 0 Å². The maximum absolute atomic E-state index is 13.0. The van der Waals surface area contributed by atoms with Crippen molar-refractivity contribution in [1.29, 1.82) is 0 Å². The molecule has 146 valence electrons. The molecular formula is C15H16F3N5O4. The van der Waals surface area contributed by atoms with E-state index in [0.29, 0.717) is 13.2 Å². The first-order valence-corrected chi connectivity index (χ1v) is 7.51. The number of hydrogen-bond donors (Lipinski definition) is 1. The highest BCUT2D eigenvalue weighted by Gasteiger charge is 2.32. The van der Waals surface area contributed by atoms with Crippen molar-refractivity contribution >= 4 is 23.8 Å². The Morgan fingerprint density at radius 3 is 2.78 bits per heavy atom. The number of carbonyl (C=O) groups excluding carboxylic acids is 1. The van der Waals surface area contributed by atoms with Gasteiger partial charge in [-0.25, -0.2) is 4.63 Å². The van der Waals surface area contributed by atoms with E-state index in [9.17, 15) is 18.0 Å². The molecule has 27 heavy (non-hydrogen) atoms. The van der Waals surface area contributed by atoms with E-state index in [-0.39, 0.29) is 29.4 Å². The minimum absolute atomic E-state index is 0.0301. The highest BCUT2D eigenvalue weighted by molar-refractivity contribution is 6.19. The third kappa shape index (κ3) is 4.94. The van der Waals surface area contributed by atoms with E-state index in [1.807, 2.05) is 0 Å². The summed E-state index contributed by atoms with van der Waals surface area (Å²) in [5, 5.41) is 13.8. The molecular weight excluding hydrogens is 371 g/mol. The smallest absolute Gasteiger partial charge is 0.397 e. The first-order valence-electron chi connectivity index (χ1n) is 7.51. The molecule has 0 saturated heterocycles. The van der Waals surface area contributed by atoms with Gasteiger partial charge in [0.15, 0.2) is 5.69 Å². The van der Waals surface area contributed by atoms with Gasteiger partial charge >= 0.3 is 6.18 Å². The van der Waals surface area contributed by atoms with E-state index in [0.717, 1.165) is 23.1 Å². The van der Waals surface area contributed by atoms with Crippen molar-refractivity contribution in [2.45, 2.75) is 6.18 Å². The first kappa shape index (κ1) is 20.2. The molecule has 2 rings (SSSR count). The lowest BCUT2D eigenvalue weighted by Gasteiger charge is -2.19. The SMILES string of the molecule is COCCNc1nonc1/C(=N/OC)N(C=O)c1cccc(C(F)(F)F)c1. The van der Waals surface area contributed by atoms with Gasteiger partial charge in [0.25, 0.3) is 0 Å². The van der Waals surface area contributed by atoms with E-state index in [4.69, 9.17) is 9.57 Å². The fraction of sp³-hybridized carbons (Fsp3) is 0.333. The Hall–Kier alpha value is -3.15. The van der Waals surface area contributed by atoms with Crippen molar-refractivity contribution in [3.05, 3.63) is 35.5 Å². The number of rotatable bonds is 8. The summed E-state index contributed by atoms with van der Waals surface area (Å²) < 4.78 is 48.5. The molecule has 0 atom stereocenters. The third-order valence-corrected chi connectivity index (χ3v) is 3.26. The second-order valence-electron chi connectivity index (χ2n) is 5.00. The fourth-order valence-electron chi connectivity index (χ4n) is 2.08. The molecule has 2 aromatic rings. The predicted molar refractivity (Wildman–Crippen MR) is 88.2 cm³/mol. The number of alkyl halides is 3. The van der Waals surface area contributed by atoms with Crippen LogP contribution < -0.4 is 10.2 Å². The van der Waals surface area contributed by atoms with Crippen molar-refractivity contribution in [1.82, 2.24) is 10.3 Å². The zero-order valence-corrected chi connectivity index (χ0v) is 14.4. The molecule has 0 spiro atoms. The Bertz CT molecular complexity index is 794. The molecule has 1 aromatic heterocycles. The Morgan fingerprint density at radius 1 is 1.37 bits per heavy atom. The molecule has 0 saturated carbocycles. The summed E-state index contributed by atoms with van der Waals surface area (Å²) in [6, 6.07) is 4.15. The summed E-state index contributed by atoms with van der Waals surface area (Å²) in [4.78, 5) is 17.2. The van der Waals surface area contributed by atoms with Gasteiger partial charge in [-0.05, 0) is 28.5 Å². The van der Waals surface area contributed by atoms with Gasteiger partial charge in [0.1, 0.15) is 7.11 Å². The average Bonchev–Trinajstić information content (AvgIpc) is 3.10. The number of benzene rings is 1. The Balaban J connectivity index is 2.42. The highest BCUT2D eigenvalue weighted by Crippen LogP contribution is 2.32. The van der Waals surface area contributed by atoms with Crippen LogP contribution in [-0.2, 0) is 20.5 Å². The summed E-state index contributed by atoms with van der Waals surface area (Å²) in [6.45, 7) is 0.677. The second-order valence-corrected chi connectivity index (χ2v) is 5.00. The number of halogens is 3. The first-order chi connectivity index (χ1) is 12.9. The van der Waals surface area contributed by atoms with Gasteiger partial charge in [0.05, 0.1) is 17.9 Å². The minimum atomic E-state index is -4.58. The van der Waals surface area contributed by atoms with E-state index < -0.39 is 11.7 Å². The maximum atomic E-state index is 13.0. The van der Waals surface area contributed by atoms with E-state index >= 15 is 0 Å². The fourth-order valence-corrected chi connectivity index (χ4v) is 2.08. The van der Waals surface area contributed by atoms with E-state index in [1.54, 1.807) is 0 Å². The monoisotopic (exact) mass is 387 g/mol. The molecule has 0 aliphatic carbocycles. The van der Waals surface area contributed by atoms with E-state index in [1.165, 1.54) is 20.3 Å². The quantitative estimate of drug-likeness (QED) is 0.243. The van der Waals surface area contributed by atoms with Gasteiger partial charge in [-0.1, -0.05) is 11.2 Å². The van der Waals surface area contributed by atoms with Crippen LogP contribution in [0, 0.1) is 0 Å². The summed E-state index contributed by atoms with van der Waals surface area (Å²) in [5.74, 6) is -0.102. The number of ether oxygens (including phenoxy) is 1. The molecule has 1 amide bonds. The Labute approximate surface area is 151 Å². The standard InChI is InChI=1S/C15H16F3N5O4/c1-25-7-6-19-13-12(20-27-21-13)14(22-26-2)23(9-24)11-5-3-4-10(8-11)15(16,17)18/h3-5,8-9H,6-7H2,1-2H3,(H,19,21)/b22-14-. The summed E-state index contributed by atoms with van der Waals surface area (Å²) >= 11 is 0. The largest absolute Gasteiger partial charge is 0.416 e. The molecule has 0 bridgehead atoms. The normalized spacial score (nSPS) is 12.0. The Kier molecular flexibility index (Phi) is 6.71. The van der Waals surface area contributed by atoms with Crippen molar-refractivity contribution in [2.24, 2.45) is 5.16 Å².